The summed E-state index contributed by atoms with van der Waals surface area (Å²) in [7, 11) is 0. The van der Waals surface area contributed by atoms with E-state index in [2.05, 4.69) is 10.4 Å². The number of carbonyl (C=O) groups is 1. The molecule has 0 fully saturated rings. The summed E-state index contributed by atoms with van der Waals surface area (Å²) in [6.07, 6.45) is 0. The molecule has 0 aliphatic heterocycles. The first-order valence-electron chi connectivity index (χ1n) is 6.26. The molecule has 0 saturated heterocycles. The third-order valence-corrected chi connectivity index (χ3v) is 3.11. The molecule has 7 heteroatoms. The lowest BCUT2D eigenvalue weighted by molar-refractivity contribution is 0.0948. The number of halogens is 2. The molecule has 0 aliphatic rings. The van der Waals surface area contributed by atoms with E-state index >= 15 is 0 Å². The zero-order valence-electron chi connectivity index (χ0n) is 11.3. The van der Waals surface area contributed by atoms with Gasteiger partial charge in [-0.3, -0.25) is 9.59 Å². The summed E-state index contributed by atoms with van der Waals surface area (Å²) in [6.45, 7) is 2.09. The second-order valence-corrected chi connectivity index (χ2v) is 4.80. The molecule has 0 radical (unpaired) electrons. The van der Waals surface area contributed by atoms with E-state index in [-0.39, 0.29) is 29.2 Å². The molecule has 1 N–H and O–H groups in total. The molecular weight excluding hydrogens is 297 g/mol. The van der Waals surface area contributed by atoms with Gasteiger partial charge >= 0.3 is 0 Å². The molecular formula is C14H13ClFN3O2. The number of aromatic nitrogens is 2. The Labute approximate surface area is 125 Å². The minimum atomic E-state index is -0.689. The number of benzene rings is 1. The zero-order valence-corrected chi connectivity index (χ0v) is 12.0. The molecule has 110 valence electrons. The summed E-state index contributed by atoms with van der Waals surface area (Å²) in [5.41, 5.74) is 0.223. The van der Waals surface area contributed by atoms with Crippen LogP contribution in [0.1, 0.15) is 16.1 Å². The van der Waals surface area contributed by atoms with Crippen LogP contribution in [0.25, 0.3) is 0 Å². The molecule has 1 aromatic heterocycles. The van der Waals surface area contributed by atoms with Crippen molar-refractivity contribution in [2.75, 3.05) is 6.54 Å². The van der Waals surface area contributed by atoms with E-state index in [9.17, 15) is 14.0 Å². The fraction of sp³-hybridized carbons (Fsp3) is 0.214. The van der Waals surface area contributed by atoms with Crippen LogP contribution in [-0.2, 0) is 6.54 Å². The third-order valence-electron chi connectivity index (χ3n) is 2.80. The van der Waals surface area contributed by atoms with Gasteiger partial charge in [0.2, 0.25) is 0 Å². The van der Waals surface area contributed by atoms with E-state index in [1.54, 1.807) is 13.0 Å². The predicted molar refractivity (Wildman–Crippen MR) is 77.0 cm³/mol. The van der Waals surface area contributed by atoms with E-state index in [0.717, 1.165) is 6.07 Å². The molecule has 2 aromatic rings. The molecule has 0 spiro atoms. The first-order valence-corrected chi connectivity index (χ1v) is 6.64. The van der Waals surface area contributed by atoms with E-state index in [1.807, 2.05) is 0 Å². The molecule has 1 heterocycles. The summed E-state index contributed by atoms with van der Waals surface area (Å²) < 4.78 is 14.8. The highest BCUT2D eigenvalue weighted by atomic mass is 35.5. The van der Waals surface area contributed by atoms with Gasteiger partial charge in [0, 0.05) is 12.6 Å². The van der Waals surface area contributed by atoms with Gasteiger partial charge in [-0.2, -0.15) is 5.10 Å². The first kappa shape index (κ1) is 15.2. The highest BCUT2D eigenvalue weighted by Gasteiger charge is 2.15. The van der Waals surface area contributed by atoms with Gasteiger partial charge in [0.15, 0.2) is 0 Å². The minimum absolute atomic E-state index is 0.0401. The van der Waals surface area contributed by atoms with Crippen molar-refractivity contribution < 1.29 is 9.18 Å². The number of nitrogens with zero attached hydrogens (tertiary/aromatic N) is 2. The molecule has 0 bridgehead atoms. The fourth-order valence-corrected chi connectivity index (χ4v) is 2.04. The van der Waals surface area contributed by atoms with Crippen molar-refractivity contribution in [3.8, 4) is 0 Å². The zero-order chi connectivity index (χ0) is 15.4. The van der Waals surface area contributed by atoms with E-state index < -0.39 is 11.7 Å². The maximum Gasteiger partial charge on any atom is 0.266 e. The van der Waals surface area contributed by atoms with Gasteiger partial charge in [0.25, 0.3) is 11.5 Å². The van der Waals surface area contributed by atoms with Gasteiger partial charge in [-0.15, -0.1) is 0 Å². The van der Waals surface area contributed by atoms with Crippen LogP contribution in [-0.4, -0.2) is 22.2 Å². The third kappa shape index (κ3) is 3.66. The molecule has 2 rings (SSSR count). The Hall–Kier alpha value is -2.21. The predicted octanol–water partition coefficient (Wildman–Crippen LogP) is 1.77. The van der Waals surface area contributed by atoms with Crippen molar-refractivity contribution in [1.29, 1.82) is 0 Å². The van der Waals surface area contributed by atoms with Crippen molar-refractivity contribution in [1.82, 2.24) is 15.1 Å². The van der Waals surface area contributed by atoms with Crippen molar-refractivity contribution in [3.05, 3.63) is 62.8 Å². The Morgan fingerprint density at radius 1 is 1.38 bits per heavy atom. The summed E-state index contributed by atoms with van der Waals surface area (Å²) in [4.78, 5) is 23.4. The molecule has 5 nitrogen and oxygen atoms in total. The number of rotatable bonds is 4. The molecule has 21 heavy (non-hydrogen) atoms. The molecule has 1 amide bonds. The van der Waals surface area contributed by atoms with Crippen LogP contribution in [0, 0.1) is 12.7 Å². The lowest BCUT2D eigenvalue weighted by Crippen LogP contribution is -2.32. The molecule has 0 saturated carbocycles. The Bertz CT molecular complexity index is 710. The number of carbonyl (C=O) groups excluding carboxylic acids is 1. The Morgan fingerprint density at radius 3 is 2.86 bits per heavy atom. The maximum absolute atomic E-state index is 13.6. The second kappa shape index (κ2) is 6.49. The van der Waals surface area contributed by atoms with Gasteiger partial charge in [-0.25, -0.2) is 9.07 Å². The number of aryl methyl sites for hydroxylation is 1. The highest BCUT2D eigenvalue weighted by molar-refractivity contribution is 6.33. The van der Waals surface area contributed by atoms with Crippen molar-refractivity contribution in [2.45, 2.75) is 13.5 Å². The summed E-state index contributed by atoms with van der Waals surface area (Å²) >= 11 is 5.80. The number of amides is 1. The van der Waals surface area contributed by atoms with E-state index in [0.29, 0.717) is 5.69 Å². The van der Waals surface area contributed by atoms with Gasteiger partial charge in [0.1, 0.15) is 5.82 Å². The molecule has 0 atom stereocenters. The second-order valence-electron chi connectivity index (χ2n) is 4.39. The maximum atomic E-state index is 13.6. The smallest absolute Gasteiger partial charge is 0.266 e. The Balaban J connectivity index is 2.02. The Morgan fingerprint density at radius 2 is 2.14 bits per heavy atom. The van der Waals surface area contributed by atoms with Gasteiger partial charge in [-0.05, 0) is 25.1 Å². The first-order chi connectivity index (χ1) is 9.99. The quantitative estimate of drug-likeness (QED) is 0.936. The molecule has 0 aliphatic carbocycles. The standard InChI is InChI=1S/C14H13ClFN3O2/c1-9-5-6-12(20)19(18-9)8-7-17-14(21)13-10(15)3-2-4-11(13)16/h2-6H,7-8H2,1H3,(H,17,21). The van der Waals surface area contributed by atoms with E-state index in [4.69, 9.17) is 11.6 Å². The SMILES string of the molecule is Cc1ccc(=O)n(CCNC(=O)c2c(F)cccc2Cl)n1. The van der Waals surface area contributed by atoms with Crippen LogP contribution in [0.4, 0.5) is 4.39 Å². The number of nitrogens with one attached hydrogen (secondary N) is 1. The lowest BCUT2D eigenvalue weighted by atomic mass is 10.2. The summed E-state index contributed by atoms with van der Waals surface area (Å²) in [5, 5.41) is 6.58. The normalized spacial score (nSPS) is 10.4. The van der Waals surface area contributed by atoms with Crippen molar-refractivity contribution in [3.63, 3.8) is 0 Å². The lowest BCUT2D eigenvalue weighted by Gasteiger charge is -2.08. The van der Waals surface area contributed by atoms with E-state index in [1.165, 1.54) is 22.9 Å². The van der Waals surface area contributed by atoms with Crippen LogP contribution >= 0.6 is 11.6 Å². The van der Waals surface area contributed by atoms with Gasteiger partial charge in [-0.1, -0.05) is 17.7 Å². The topological polar surface area (TPSA) is 64.0 Å². The van der Waals surface area contributed by atoms with Gasteiger partial charge < -0.3 is 5.32 Å². The molecule has 0 unspecified atom stereocenters. The van der Waals surface area contributed by atoms with Crippen LogP contribution in [0.3, 0.4) is 0 Å². The minimum Gasteiger partial charge on any atom is -0.350 e. The molecule has 1 aromatic carbocycles. The summed E-state index contributed by atoms with van der Waals surface area (Å²) in [6, 6.07) is 7.03. The largest absolute Gasteiger partial charge is 0.350 e. The Kier molecular flexibility index (Phi) is 4.70. The van der Waals surface area contributed by atoms with Crippen LogP contribution in [0.2, 0.25) is 5.02 Å². The van der Waals surface area contributed by atoms with Crippen LogP contribution in [0.15, 0.2) is 35.1 Å². The summed E-state index contributed by atoms with van der Waals surface area (Å²) in [5.74, 6) is -1.32. The highest BCUT2D eigenvalue weighted by Crippen LogP contribution is 2.18. The fourth-order valence-electron chi connectivity index (χ4n) is 1.79. The van der Waals surface area contributed by atoms with Crippen molar-refractivity contribution >= 4 is 17.5 Å². The average molecular weight is 310 g/mol. The van der Waals surface area contributed by atoms with Crippen molar-refractivity contribution in [2.24, 2.45) is 0 Å². The van der Waals surface area contributed by atoms with Gasteiger partial charge in [0.05, 0.1) is 22.8 Å². The van der Waals surface area contributed by atoms with Crippen LogP contribution in [0.5, 0.6) is 0 Å². The number of hydrogen-bond acceptors (Lipinski definition) is 3. The average Bonchev–Trinajstić information content (AvgIpc) is 2.42. The monoisotopic (exact) mass is 309 g/mol. The number of hydrogen-bond donors (Lipinski definition) is 1. The van der Waals surface area contributed by atoms with Crippen LogP contribution < -0.4 is 10.9 Å².